The normalized spacial score (nSPS) is 10.7. The molecule has 0 saturated heterocycles. The van der Waals surface area contributed by atoms with Gasteiger partial charge in [0.1, 0.15) is 0 Å². The summed E-state index contributed by atoms with van der Waals surface area (Å²) >= 11 is 1.92. The van der Waals surface area contributed by atoms with Gasteiger partial charge in [-0.15, -0.1) is 11.8 Å². The Morgan fingerprint density at radius 2 is 1.29 bits per heavy atom. The van der Waals surface area contributed by atoms with Crippen LogP contribution < -0.4 is 11.5 Å². The van der Waals surface area contributed by atoms with Crippen LogP contribution in [-0.4, -0.2) is 11.7 Å². The molecule has 136 valence electrons. The summed E-state index contributed by atoms with van der Waals surface area (Å²) < 4.78 is 0. The molecule has 0 aromatic heterocycles. The average molecular weight is 350 g/mol. The topological polar surface area (TPSA) is 64.4 Å². The van der Waals surface area contributed by atoms with Gasteiger partial charge in [-0.25, -0.2) is 4.99 Å². The number of nitrogens with two attached hydrogens (primary N) is 2. The third-order valence-corrected chi connectivity index (χ3v) is 5.21. The van der Waals surface area contributed by atoms with Gasteiger partial charge in [0.2, 0.25) is 0 Å². The van der Waals surface area contributed by atoms with E-state index in [2.05, 4.69) is 24.0 Å². The SMILES string of the molecule is CCCCCCCCCCCCCSc1ccc(N=C(N)N)cc1. The molecule has 0 spiro atoms. The van der Waals surface area contributed by atoms with E-state index in [-0.39, 0.29) is 5.96 Å². The molecule has 0 aliphatic heterocycles. The van der Waals surface area contributed by atoms with Crippen LogP contribution in [0.15, 0.2) is 34.2 Å². The summed E-state index contributed by atoms with van der Waals surface area (Å²) in [5, 5.41) is 0. The summed E-state index contributed by atoms with van der Waals surface area (Å²) in [7, 11) is 0. The average Bonchev–Trinajstić information content (AvgIpc) is 2.57. The van der Waals surface area contributed by atoms with E-state index in [9.17, 15) is 0 Å². The number of hydrogen-bond donors (Lipinski definition) is 2. The van der Waals surface area contributed by atoms with Crippen LogP contribution >= 0.6 is 11.8 Å². The van der Waals surface area contributed by atoms with Gasteiger partial charge >= 0.3 is 0 Å². The molecule has 4 N–H and O–H groups in total. The maximum absolute atomic E-state index is 5.37. The molecule has 0 bridgehead atoms. The van der Waals surface area contributed by atoms with Crippen LogP contribution in [0.25, 0.3) is 0 Å². The number of nitrogens with zero attached hydrogens (tertiary/aromatic N) is 1. The molecule has 4 heteroatoms. The van der Waals surface area contributed by atoms with Crippen molar-refractivity contribution in [2.75, 3.05) is 5.75 Å². The lowest BCUT2D eigenvalue weighted by molar-refractivity contribution is 0.555. The van der Waals surface area contributed by atoms with Gasteiger partial charge in [-0.3, -0.25) is 0 Å². The predicted octanol–water partition coefficient (Wildman–Crippen LogP) is 5.99. The van der Waals surface area contributed by atoms with Crippen molar-refractivity contribution in [2.24, 2.45) is 16.5 Å². The van der Waals surface area contributed by atoms with Gasteiger partial charge in [-0.05, 0) is 36.4 Å². The predicted molar refractivity (Wildman–Crippen MR) is 109 cm³/mol. The first-order valence-electron chi connectivity index (χ1n) is 9.55. The molecule has 1 rings (SSSR count). The molecule has 1 aromatic carbocycles. The third-order valence-electron chi connectivity index (χ3n) is 4.11. The van der Waals surface area contributed by atoms with E-state index in [1.165, 1.54) is 81.3 Å². The van der Waals surface area contributed by atoms with Crippen molar-refractivity contribution >= 4 is 23.4 Å². The summed E-state index contributed by atoms with van der Waals surface area (Å²) in [6.45, 7) is 2.28. The first-order valence-corrected chi connectivity index (χ1v) is 10.5. The van der Waals surface area contributed by atoms with Crippen molar-refractivity contribution in [3.63, 3.8) is 0 Å². The van der Waals surface area contributed by atoms with Gasteiger partial charge in [0.05, 0.1) is 5.69 Å². The Morgan fingerprint density at radius 3 is 1.79 bits per heavy atom. The molecule has 0 heterocycles. The van der Waals surface area contributed by atoms with Gasteiger partial charge in [0.25, 0.3) is 0 Å². The molecule has 0 radical (unpaired) electrons. The Hall–Kier alpha value is -1.16. The number of thioether (sulfide) groups is 1. The first kappa shape index (κ1) is 20.9. The van der Waals surface area contributed by atoms with Crippen LogP contribution in [0.2, 0.25) is 0 Å². The maximum atomic E-state index is 5.37. The second-order valence-electron chi connectivity index (χ2n) is 6.41. The van der Waals surface area contributed by atoms with E-state index in [4.69, 9.17) is 11.5 Å². The minimum absolute atomic E-state index is 0.108. The number of benzene rings is 1. The quantitative estimate of drug-likeness (QED) is 0.187. The smallest absolute Gasteiger partial charge is 0.191 e. The molecular weight excluding hydrogens is 314 g/mol. The minimum atomic E-state index is 0.108. The van der Waals surface area contributed by atoms with Crippen LogP contribution in [0.5, 0.6) is 0 Å². The molecular formula is C20H35N3S. The van der Waals surface area contributed by atoms with Crippen LogP contribution in [0, 0.1) is 0 Å². The largest absolute Gasteiger partial charge is 0.370 e. The maximum Gasteiger partial charge on any atom is 0.191 e. The molecule has 0 amide bonds. The highest BCUT2D eigenvalue weighted by molar-refractivity contribution is 7.99. The Labute approximate surface area is 152 Å². The van der Waals surface area contributed by atoms with Crippen molar-refractivity contribution in [1.82, 2.24) is 0 Å². The van der Waals surface area contributed by atoms with Gasteiger partial charge in [0.15, 0.2) is 5.96 Å². The van der Waals surface area contributed by atoms with Gasteiger partial charge in [-0.1, -0.05) is 71.1 Å². The molecule has 3 nitrogen and oxygen atoms in total. The van der Waals surface area contributed by atoms with E-state index >= 15 is 0 Å². The Balaban J connectivity index is 1.94. The zero-order valence-corrected chi connectivity index (χ0v) is 16.1. The summed E-state index contributed by atoms with van der Waals surface area (Å²) in [4.78, 5) is 5.32. The number of unbranched alkanes of at least 4 members (excludes halogenated alkanes) is 10. The van der Waals surface area contributed by atoms with Crippen LogP contribution in [0.3, 0.4) is 0 Å². The second kappa shape index (κ2) is 14.2. The number of guanidine groups is 1. The molecule has 0 aliphatic rings. The minimum Gasteiger partial charge on any atom is -0.370 e. The zero-order chi connectivity index (χ0) is 17.5. The van der Waals surface area contributed by atoms with Crippen molar-refractivity contribution in [3.8, 4) is 0 Å². The summed E-state index contributed by atoms with van der Waals surface area (Å²) in [5.74, 6) is 1.30. The molecule has 0 fully saturated rings. The molecule has 0 saturated carbocycles. The fraction of sp³-hybridized carbons (Fsp3) is 0.650. The van der Waals surface area contributed by atoms with Crippen LogP contribution in [0.4, 0.5) is 5.69 Å². The molecule has 0 atom stereocenters. The van der Waals surface area contributed by atoms with Crippen molar-refractivity contribution in [1.29, 1.82) is 0 Å². The fourth-order valence-corrected chi connectivity index (χ4v) is 3.63. The molecule has 1 aromatic rings. The van der Waals surface area contributed by atoms with Gasteiger partial charge in [0, 0.05) is 4.90 Å². The standard InChI is InChI=1S/C20H35N3S/c1-2-3-4-5-6-7-8-9-10-11-12-17-24-19-15-13-18(14-16-19)23-20(21)22/h13-16H,2-12,17H2,1H3,(H4,21,22,23). The molecule has 0 aliphatic carbocycles. The van der Waals surface area contributed by atoms with Crippen molar-refractivity contribution in [3.05, 3.63) is 24.3 Å². The fourth-order valence-electron chi connectivity index (χ4n) is 2.72. The van der Waals surface area contributed by atoms with E-state index in [0.717, 1.165) is 5.69 Å². The van der Waals surface area contributed by atoms with Gasteiger partial charge < -0.3 is 11.5 Å². The highest BCUT2D eigenvalue weighted by Gasteiger charge is 1.97. The number of aliphatic imine (C=N–C) groups is 1. The first-order chi connectivity index (χ1) is 11.7. The third kappa shape index (κ3) is 11.4. The number of hydrogen-bond acceptors (Lipinski definition) is 2. The monoisotopic (exact) mass is 349 g/mol. The lowest BCUT2D eigenvalue weighted by Gasteiger charge is -2.04. The van der Waals surface area contributed by atoms with E-state index in [1.807, 2.05) is 23.9 Å². The molecule has 24 heavy (non-hydrogen) atoms. The summed E-state index contributed by atoms with van der Waals surface area (Å²) in [6, 6.07) is 8.10. The zero-order valence-electron chi connectivity index (χ0n) is 15.3. The summed E-state index contributed by atoms with van der Waals surface area (Å²) in [6.07, 6.45) is 15.4. The van der Waals surface area contributed by atoms with Crippen LogP contribution in [0.1, 0.15) is 77.6 Å². The Morgan fingerprint density at radius 1 is 0.792 bits per heavy atom. The Bertz CT molecular complexity index is 439. The lowest BCUT2D eigenvalue weighted by Crippen LogP contribution is -2.21. The summed E-state index contributed by atoms with van der Waals surface area (Å²) in [5.41, 5.74) is 11.6. The van der Waals surface area contributed by atoms with Crippen LogP contribution in [-0.2, 0) is 0 Å². The highest BCUT2D eigenvalue weighted by Crippen LogP contribution is 2.23. The van der Waals surface area contributed by atoms with Crippen molar-refractivity contribution in [2.45, 2.75) is 82.4 Å². The van der Waals surface area contributed by atoms with Gasteiger partial charge in [-0.2, -0.15) is 0 Å². The van der Waals surface area contributed by atoms with E-state index in [1.54, 1.807) is 0 Å². The Kier molecular flexibility index (Phi) is 12.4. The van der Waals surface area contributed by atoms with Crippen molar-refractivity contribution < 1.29 is 0 Å². The second-order valence-corrected chi connectivity index (χ2v) is 7.58. The van der Waals surface area contributed by atoms with E-state index in [0.29, 0.717) is 0 Å². The molecule has 0 unspecified atom stereocenters. The van der Waals surface area contributed by atoms with E-state index < -0.39 is 0 Å². The highest BCUT2D eigenvalue weighted by atomic mass is 32.2. The lowest BCUT2D eigenvalue weighted by atomic mass is 10.1. The number of rotatable bonds is 14.